The molecule has 0 aliphatic rings. The SMILES string of the molecule is COc1c(Cl)ccc2oc(C(=O)Nc3ccc(-c4ccc(N(C(C(=O)O)C(C)C)S(=O)O)cc4)cc3)c(C)c12. The molecule has 2 unspecified atom stereocenters. The molecule has 0 bridgehead atoms. The second kappa shape index (κ2) is 11.5. The van der Waals surface area contributed by atoms with E-state index in [2.05, 4.69) is 5.32 Å². The van der Waals surface area contributed by atoms with Crippen LogP contribution in [0.15, 0.2) is 65.1 Å². The molecule has 39 heavy (non-hydrogen) atoms. The van der Waals surface area contributed by atoms with Crippen molar-refractivity contribution in [3.05, 3.63) is 77.0 Å². The molecule has 4 rings (SSSR count). The first kappa shape index (κ1) is 28.2. The van der Waals surface area contributed by atoms with E-state index in [0.717, 1.165) is 15.4 Å². The van der Waals surface area contributed by atoms with Gasteiger partial charge in [0.15, 0.2) is 5.76 Å². The smallest absolute Gasteiger partial charge is 0.327 e. The first-order chi connectivity index (χ1) is 18.5. The molecule has 0 spiro atoms. The van der Waals surface area contributed by atoms with Gasteiger partial charge in [0, 0.05) is 11.3 Å². The highest BCUT2D eigenvalue weighted by Crippen LogP contribution is 2.38. The van der Waals surface area contributed by atoms with Crippen molar-refractivity contribution >= 4 is 57.1 Å². The van der Waals surface area contributed by atoms with Gasteiger partial charge in [-0.05, 0) is 60.4 Å². The highest BCUT2D eigenvalue weighted by Gasteiger charge is 2.32. The summed E-state index contributed by atoms with van der Waals surface area (Å²) in [5, 5.41) is 13.5. The van der Waals surface area contributed by atoms with Crippen molar-refractivity contribution in [1.29, 1.82) is 0 Å². The van der Waals surface area contributed by atoms with Crippen LogP contribution in [0.3, 0.4) is 0 Å². The normalized spacial score (nSPS) is 12.8. The number of nitrogens with zero attached hydrogens (tertiary/aromatic N) is 1. The van der Waals surface area contributed by atoms with Crippen LogP contribution < -0.4 is 14.4 Å². The van der Waals surface area contributed by atoms with E-state index < -0.39 is 35.1 Å². The summed E-state index contributed by atoms with van der Waals surface area (Å²) in [7, 11) is 1.50. The average molecular weight is 571 g/mol. The molecule has 0 aliphatic heterocycles. The molecule has 0 saturated carbocycles. The molecule has 11 heteroatoms. The molecule has 0 saturated heterocycles. The molecule has 1 aromatic heterocycles. The molecular weight excluding hydrogens is 544 g/mol. The molecule has 204 valence electrons. The first-order valence-corrected chi connectivity index (χ1v) is 13.4. The van der Waals surface area contributed by atoms with E-state index >= 15 is 0 Å². The summed E-state index contributed by atoms with van der Waals surface area (Å²) in [6, 6.07) is 15.9. The number of carboxylic acids is 1. The molecule has 9 nitrogen and oxygen atoms in total. The second-order valence-electron chi connectivity index (χ2n) is 9.17. The quantitative estimate of drug-likeness (QED) is 0.199. The fraction of sp³-hybridized carbons (Fsp3) is 0.214. The van der Waals surface area contributed by atoms with Gasteiger partial charge in [0.1, 0.15) is 17.4 Å². The number of fused-ring (bicyclic) bond motifs is 1. The maximum absolute atomic E-state index is 13.0. The minimum absolute atomic E-state index is 0.150. The lowest BCUT2D eigenvalue weighted by Gasteiger charge is -2.29. The number of furan rings is 1. The maximum atomic E-state index is 13.0. The number of hydrogen-bond donors (Lipinski definition) is 3. The van der Waals surface area contributed by atoms with Crippen molar-refractivity contribution in [2.75, 3.05) is 16.7 Å². The Morgan fingerprint density at radius 2 is 1.62 bits per heavy atom. The number of benzene rings is 3. The van der Waals surface area contributed by atoms with E-state index in [0.29, 0.717) is 38.7 Å². The van der Waals surface area contributed by atoms with Crippen molar-refractivity contribution in [1.82, 2.24) is 0 Å². The number of carbonyl (C=O) groups is 2. The lowest BCUT2D eigenvalue weighted by molar-refractivity contribution is -0.139. The van der Waals surface area contributed by atoms with Gasteiger partial charge in [0.25, 0.3) is 17.2 Å². The predicted molar refractivity (Wildman–Crippen MR) is 152 cm³/mol. The summed E-state index contributed by atoms with van der Waals surface area (Å²) in [4.78, 5) is 24.7. The van der Waals surface area contributed by atoms with Gasteiger partial charge in [-0.25, -0.2) is 9.00 Å². The molecule has 2 atom stereocenters. The number of anilines is 2. The van der Waals surface area contributed by atoms with Gasteiger partial charge < -0.3 is 19.6 Å². The number of hydrogen-bond acceptors (Lipinski definition) is 5. The van der Waals surface area contributed by atoms with Gasteiger partial charge >= 0.3 is 5.97 Å². The van der Waals surface area contributed by atoms with Crippen molar-refractivity contribution in [2.45, 2.75) is 26.8 Å². The van der Waals surface area contributed by atoms with E-state index in [1.807, 2.05) is 12.1 Å². The third-order valence-corrected chi connectivity index (χ3v) is 7.38. The Morgan fingerprint density at radius 1 is 1.03 bits per heavy atom. The number of ether oxygens (including phenoxy) is 1. The summed E-state index contributed by atoms with van der Waals surface area (Å²) in [5.41, 5.74) is 3.59. The number of carbonyl (C=O) groups excluding carboxylic acids is 1. The van der Waals surface area contributed by atoms with Crippen LogP contribution in [0.4, 0.5) is 11.4 Å². The molecular formula is C28H27ClN2O7S. The summed E-state index contributed by atoms with van der Waals surface area (Å²) in [6.45, 7) is 5.12. The molecule has 1 amide bonds. The highest BCUT2D eigenvalue weighted by molar-refractivity contribution is 7.80. The van der Waals surface area contributed by atoms with Gasteiger partial charge in [-0.1, -0.05) is 49.7 Å². The number of methoxy groups -OCH3 is 1. The first-order valence-electron chi connectivity index (χ1n) is 11.9. The third kappa shape index (κ3) is 5.63. The summed E-state index contributed by atoms with van der Waals surface area (Å²) < 4.78 is 33.9. The van der Waals surface area contributed by atoms with Crippen LogP contribution in [-0.2, 0) is 16.1 Å². The fourth-order valence-electron chi connectivity index (χ4n) is 4.43. The van der Waals surface area contributed by atoms with Crippen LogP contribution in [0.5, 0.6) is 5.75 Å². The van der Waals surface area contributed by atoms with Gasteiger partial charge in [0.2, 0.25) is 0 Å². The van der Waals surface area contributed by atoms with E-state index in [1.54, 1.807) is 69.3 Å². The zero-order chi connectivity index (χ0) is 28.4. The number of nitrogens with one attached hydrogen (secondary N) is 1. The average Bonchev–Trinajstić information content (AvgIpc) is 3.23. The van der Waals surface area contributed by atoms with Crippen LogP contribution >= 0.6 is 11.6 Å². The zero-order valence-electron chi connectivity index (χ0n) is 21.6. The van der Waals surface area contributed by atoms with Gasteiger partial charge in [-0.15, -0.1) is 0 Å². The summed E-state index contributed by atoms with van der Waals surface area (Å²) in [5.74, 6) is -1.41. The third-order valence-electron chi connectivity index (χ3n) is 6.31. The number of aryl methyl sites for hydroxylation is 1. The lowest BCUT2D eigenvalue weighted by Crippen LogP contribution is -2.45. The zero-order valence-corrected chi connectivity index (χ0v) is 23.2. The Kier molecular flexibility index (Phi) is 8.29. The monoisotopic (exact) mass is 570 g/mol. The van der Waals surface area contributed by atoms with Crippen LogP contribution in [0.25, 0.3) is 22.1 Å². The number of amides is 1. The largest absolute Gasteiger partial charge is 0.494 e. The predicted octanol–water partition coefficient (Wildman–Crippen LogP) is 6.37. The van der Waals surface area contributed by atoms with Crippen molar-refractivity contribution < 1.29 is 32.6 Å². The number of aliphatic carboxylic acids is 1. The Balaban J connectivity index is 1.53. The number of rotatable bonds is 9. The Hall–Kier alpha value is -3.86. The summed E-state index contributed by atoms with van der Waals surface area (Å²) in [6.07, 6.45) is 0. The minimum Gasteiger partial charge on any atom is -0.494 e. The van der Waals surface area contributed by atoms with E-state index in [-0.39, 0.29) is 5.76 Å². The molecule has 3 aromatic carbocycles. The molecule has 4 aromatic rings. The van der Waals surface area contributed by atoms with Crippen LogP contribution in [0.2, 0.25) is 5.02 Å². The fourth-order valence-corrected chi connectivity index (χ4v) is 5.50. The minimum atomic E-state index is -2.52. The molecule has 0 fully saturated rings. The Morgan fingerprint density at radius 3 is 2.13 bits per heavy atom. The molecule has 1 heterocycles. The lowest BCUT2D eigenvalue weighted by atomic mass is 10.0. The van der Waals surface area contributed by atoms with Crippen molar-refractivity contribution in [2.24, 2.45) is 5.92 Å². The van der Waals surface area contributed by atoms with Crippen molar-refractivity contribution in [3.8, 4) is 16.9 Å². The van der Waals surface area contributed by atoms with E-state index in [9.17, 15) is 23.5 Å². The van der Waals surface area contributed by atoms with Gasteiger partial charge in [-0.3, -0.25) is 13.7 Å². The topological polar surface area (TPSA) is 129 Å². The second-order valence-corrected chi connectivity index (χ2v) is 10.4. The number of halogens is 1. The molecule has 0 radical (unpaired) electrons. The summed E-state index contributed by atoms with van der Waals surface area (Å²) >= 11 is 3.70. The van der Waals surface area contributed by atoms with E-state index in [4.69, 9.17) is 20.8 Å². The highest BCUT2D eigenvalue weighted by atomic mass is 35.5. The van der Waals surface area contributed by atoms with Crippen LogP contribution in [0.1, 0.15) is 30.0 Å². The van der Waals surface area contributed by atoms with Crippen LogP contribution in [0, 0.1) is 12.8 Å². The van der Waals surface area contributed by atoms with Gasteiger partial charge in [-0.2, -0.15) is 0 Å². The number of carboxylic acid groups (broad SMARTS) is 1. The Bertz CT molecular complexity index is 1550. The van der Waals surface area contributed by atoms with Crippen molar-refractivity contribution in [3.63, 3.8) is 0 Å². The Labute approximate surface area is 232 Å². The van der Waals surface area contributed by atoms with Gasteiger partial charge in [0.05, 0.1) is 23.2 Å². The molecule has 0 aliphatic carbocycles. The standard InChI is InChI=1S/C28H27ClN2O7S/c1-15(2)24(28(33)34)31(39(35)36)20-11-7-18(8-12-20)17-5-9-19(10-6-17)30-27(32)25-16(3)23-22(38-25)14-13-21(29)26(23)37-4/h5-15,24H,1-4H3,(H,30,32)(H,33,34)(H,35,36). The van der Waals surface area contributed by atoms with E-state index in [1.165, 1.54) is 7.11 Å². The van der Waals surface area contributed by atoms with Crippen LogP contribution in [-0.4, -0.2) is 38.9 Å². The molecule has 3 N–H and O–H groups in total. The maximum Gasteiger partial charge on any atom is 0.327 e.